The van der Waals surface area contributed by atoms with Crippen LogP contribution in [0, 0.1) is 0 Å². The van der Waals surface area contributed by atoms with Crippen LogP contribution < -0.4 is 0 Å². The van der Waals surface area contributed by atoms with E-state index in [4.69, 9.17) is 11.6 Å². The predicted octanol–water partition coefficient (Wildman–Crippen LogP) is 4.31. The van der Waals surface area contributed by atoms with Crippen molar-refractivity contribution in [1.82, 2.24) is 4.90 Å². The van der Waals surface area contributed by atoms with E-state index < -0.39 is 0 Å². The zero-order valence-electron chi connectivity index (χ0n) is 11.1. The van der Waals surface area contributed by atoms with Gasteiger partial charge in [-0.2, -0.15) is 11.3 Å². The highest BCUT2D eigenvalue weighted by Crippen LogP contribution is 2.33. The third-order valence-electron chi connectivity index (χ3n) is 3.76. The molecule has 1 fully saturated rings. The minimum absolute atomic E-state index is 0.207. The van der Waals surface area contributed by atoms with Crippen molar-refractivity contribution >= 4 is 28.8 Å². The monoisotopic (exact) mass is 305 g/mol. The second kappa shape index (κ2) is 5.98. The first-order chi connectivity index (χ1) is 9.74. The molecule has 104 valence electrons. The fraction of sp³-hybridized carbons (Fsp3) is 0.312. The van der Waals surface area contributed by atoms with Gasteiger partial charge in [0.25, 0.3) is 0 Å². The molecule has 1 aliphatic rings. The molecule has 1 aromatic carbocycles. The van der Waals surface area contributed by atoms with Crippen LogP contribution in [-0.2, 0) is 11.2 Å². The van der Waals surface area contributed by atoms with Crippen molar-refractivity contribution in [1.29, 1.82) is 0 Å². The molecule has 20 heavy (non-hydrogen) atoms. The molecule has 2 nitrogen and oxygen atoms in total. The highest BCUT2D eigenvalue weighted by Gasteiger charge is 2.29. The van der Waals surface area contributed by atoms with Crippen LogP contribution >= 0.6 is 22.9 Å². The van der Waals surface area contributed by atoms with Crippen LogP contribution in [0.1, 0.15) is 30.0 Å². The molecule has 1 aliphatic heterocycles. The van der Waals surface area contributed by atoms with E-state index in [0.717, 1.165) is 30.0 Å². The van der Waals surface area contributed by atoms with Gasteiger partial charge in [-0.15, -0.1) is 0 Å². The molecule has 0 radical (unpaired) electrons. The summed E-state index contributed by atoms with van der Waals surface area (Å²) in [7, 11) is 0. The second-order valence-corrected chi connectivity index (χ2v) is 6.32. The Morgan fingerprint density at radius 2 is 2.10 bits per heavy atom. The molecule has 0 spiro atoms. The molecule has 0 aliphatic carbocycles. The highest BCUT2D eigenvalue weighted by atomic mass is 35.5. The maximum absolute atomic E-state index is 12.5. The topological polar surface area (TPSA) is 20.3 Å². The van der Waals surface area contributed by atoms with Crippen LogP contribution in [0.2, 0.25) is 5.02 Å². The quantitative estimate of drug-likeness (QED) is 0.827. The SMILES string of the molecule is O=C(Cc1ccsc1)N1CCC[C@H]1c1ccc(Cl)cc1. The maximum Gasteiger partial charge on any atom is 0.227 e. The Hall–Kier alpha value is -1.32. The molecule has 2 heterocycles. The third-order valence-corrected chi connectivity index (χ3v) is 4.75. The first-order valence-corrected chi connectivity index (χ1v) is 8.12. The van der Waals surface area contributed by atoms with Crippen LogP contribution in [0.5, 0.6) is 0 Å². The molecule has 0 bridgehead atoms. The van der Waals surface area contributed by atoms with Gasteiger partial charge < -0.3 is 4.90 Å². The fourth-order valence-electron chi connectivity index (χ4n) is 2.77. The van der Waals surface area contributed by atoms with E-state index in [-0.39, 0.29) is 11.9 Å². The molecule has 1 atom stereocenters. The predicted molar refractivity (Wildman–Crippen MR) is 83.2 cm³/mol. The van der Waals surface area contributed by atoms with E-state index in [9.17, 15) is 4.79 Å². The number of benzene rings is 1. The van der Waals surface area contributed by atoms with Crippen molar-refractivity contribution in [3.8, 4) is 0 Å². The summed E-state index contributed by atoms with van der Waals surface area (Å²) in [6, 6.07) is 10.1. The average Bonchev–Trinajstić information content (AvgIpc) is 3.10. The van der Waals surface area contributed by atoms with Gasteiger partial charge in [0, 0.05) is 11.6 Å². The van der Waals surface area contributed by atoms with E-state index in [1.54, 1.807) is 11.3 Å². The normalized spacial score (nSPS) is 18.4. The molecule has 2 aromatic rings. The second-order valence-electron chi connectivity index (χ2n) is 5.11. The lowest BCUT2D eigenvalue weighted by Crippen LogP contribution is -2.31. The van der Waals surface area contributed by atoms with Gasteiger partial charge in [-0.05, 0) is 52.9 Å². The van der Waals surface area contributed by atoms with E-state index in [0.29, 0.717) is 6.42 Å². The number of carbonyl (C=O) groups excluding carboxylic acids is 1. The van der Waals surface area contributed by atoms with Crippen LogP contribution in [0.25, 0.3) is 0 Å². The molecule has 1 amide bonds. The summed E-state index contributed by atoms with van der Waals surface area (Å²) < 4.78 is 0. The molecule has 1 saturated heterocycles. The number of likely N-dealkylation sites (tertiary alicyclic amines) is 1. The first kappa shape index (κ1) is 13.7. The highest BCUT2D eigenvalue weighted by molar-refractivity contribution is 7.08. The Morgan fingerprint density at radius 1 is 1.30 bits per heavy atom. The van der Waals surface area contributed by atoms with Gasteiger partial charge in [0.15, 0.2) is 0 Å². The van der Waals surface area contributed by atoms with Crippen LogP contribution in [-0.4, -0.2) is 17.4 Å². The third kappa shape index (κ3) is 2.89. The largest absolute Gasteiger partial charge is 0.335 e. The first-order valence-electron chi connectivity index (χ1n) is 6.80. The molecule has 4 heteroatoms. The Morgan fingerprint density at radius 3 is 2.80 bits per heavy atom. The lowest BCUT2D eigenvalue weighted by atomic mass is 10.0. The smallest absolute Gasteiger partial charge is 0.227 e. The van der Waals surface area contributed by atoms with Crippen LogP contribution in [0.4, 0.5) is 0 Å². The van der Waals surface area contributed by atoms with Gasteiger partial charge in [-0.3, -0.25) is 4.79 Å². The van der Waals surface area contributed by atoms with Crippen molar-refractivity contribution < 1.29 is 4.79 Å². The summed E-state index contributed by atoms with van der Waals surface area (Å²) in [6.45, 7) is 0.857. The van der Waals surface area contributed by atoms with Crippen molar-refractivity contribution in [2.45, 2.75) is 25.3 Å². The number of thiophene rings is 1. The van der Waals surface area contributed by atoms with Gasteiger partial charge in [0.1, 0.15) is 0 Å². The maximum atomic E-state index is 12.5. The van der Waals surface area contributed by atoms with E-state index in [1.165, 1.54) is 5.56 Å². The molecule has 0 unspecified atom stereocenters. The summed E-state index contributed by atoms with van der Waals surface area (Å²) in [4.78, 5) is 14.5. The molecule has 3 rings (SSSR count). The number of amides is 1. The Labute approximate surface area is 128 Å². The Balaban J connectivity index is 1.75. The number of hydrogen-bond donors (Lipinski definition) is 0. The summed E-state index contributed by atoms with van der Waals surface area (Å²) in [5, 5.41) is 4.80. The van der Waals surface area contributed by atoms with Crippen molar-refractivity contribution in [3.63, 3.8) is 0 Å². The van der Waals surface area contributed by atoms with Gasteiger partial charge in [0.05, 0.1) is 12.5 Å². The lowest BCUT2D eigenvalue weighted by Gasteiger charge is -2.25. The Kier molecular flexibility index (Phi) is 4.08. The van der Waals surface area contributed by atoms with E-state index in [2.05, 4.69) is 0 Å². The number of halogens is 1. The molecule has 0 N–H and O–H groups in total. The summed E-state index contributed by atoms with van der Waals surface area (Å²) in [5.41, 5.74) is 2.30. The van der Waals surface area contributed by atoms with Gasteiger partial charge in [-0.25, -0.2) is 0 Å². The van der Waals surface area contributed by atoms with E-state index in [1.807, 2.05) is 46.0 Å². The number of nitrogens with zero attached hydrogens (tertiary/aromatic N) is 1. The minimum atomic E-state index is 0.207. The van der Waals surface area contributed by atoms with E-state index >= 15 is 0 Å². The molecule has 1 aromatic heterocycles. The lowest BCUT2D eigenvalue weighted by molar-refractivity contribution is -0.131. The molecular weight excluding hydrogens is 290 g/mol. The van der Waals surface area contributed by atoms with Crippen LogP contribution in [0.15, 0.2) is 41.1 Å². The number of carbonyl (C=O) groups is 1. The summed E-state index contributed by atoms with van der Waals surface area (Å²) in [6.07, 6.45) is 2.62. The fourth-order valence-corrected chi connectivity index (χ4v) is 3.56. The molecule has 0 saturated carbocycles. The number of hydrogen-bond acceptors (Lipinski definition) is 2. The summed E-state index contributed by atoms with van der Waals surface area (Å²) >= 11 is 7.57. The van der Waals surface area contributed by atoms with Gasteiger partial charge in [0.2, 0.25) is 5.91 Å². The van der Waals surface area contributed by atoms with Crippen molar-refractivity contribution in [2.24, 2.45) is 0 Å². The standard InChI is InChI=1S/C16H16ClNOS/c17-14-5-3-13(4-6-14)15-2-1-8-18(15)16(19)10-12-7-9-20-11-12/h3-7,9,11,15H,1-2,8,10H2/t15-/m0/s1. The van der Waals surface area contributed by atoms with Gasteiger partial charge in [-0.1, -0.05) is 23.7 Å². The van der Waals surface area contributed by atoms with Gasteiger partial charge >= 0.3 is 0 Å². The zero-order valence-corrected chi connectivity index (χ0v) is 12.7. The van der Waals surface area contributed by atoms with Crippen molar-refractivity contribution in [3.05, 3.63) is 57.2 Å². The van der Waals surface area contributed by atoms with Crippen molar-refractivity contribution in [2.75, 3.05) is 6.54 Å². The summed E-state index contributed by atoms with van der Waals surface area (Å²) in [5.74, 6) is 0.223. The Bertz CT molecular complexity index is 579. The minimum Gasteiger partial charge on any atom is -0.335 e. The van der Waals surface area contributed by atoms with Crippen LogP contribution in [0.3, 0.4) is 0 Å². The zero-order chi connectivity index (χ0) is 13.9. The average molecular weight is 306 g/mol. The number of rotatable bonds is 3. The molecular formula is C16H16ClNOS.